The zero-order chi connectivity index (χ0) is 27.8. The summed E-state index contributed by atoms with van der Waals surface area (Å²) in [7, 11) is 1.57. The maximum Gasteiger partial charge on any atom is 0.245 e. The predicted molar refractivity (Wildman–Crippen MR) is 155 cm³/mol. The SMILES string of the molecule is C=CC(=O)N1CCCC(c2c(Cl)c(-c3ccc(OC4=CC=C(Cl)C(Cl)C4C)c(OC)c3)c3c(N)ncnn23)C1. The van der Waals surface area contributed by atoms with Gasteiger partial charge in [-0.1, -0.05) is 42.8 Å². The highest BCUT2D eigenvalue weighted by Crippen LogP contribution is 2.45. The number of fused-ring (bicyclic) bond motifs is 1. The van der Waals surface area contributed by atoms with E-state index in [4.69, 9.17) is 50.0 Å². The fourth-order valence-corrected chi connectivity index (χ4v) is 6.09. The fourth-order valence-electron chi connectivity index (χ4n) is 5.20. The molecule has 2 aliphatic rings. The molecule has 1 aliphatic heterocycles. The van der Waals surface area contributed by atoms with Crippen LogP contribution >= 0.6 is 34.8 Å². The number of hydrogen-bond acceptors (Lipinski definition) is 6. The van der Waals surface area contributed by atoms with E-state index < -0.39 is 0 Å². The first kappa shape index (κ1) is 27.4. The third kappa shape index (κ3) is 4.97. The summed E-state index contributed by atoms with van der Waals surface area (Å²) in [6, 6.07) is 5.55. The zero-order valence-corrected chi connectivity index (χ0v) is 23.8. The minimum Gasteiger partial charge on any atom is -0.493 e. The molecule has 5 rings (SSSR count). The Hall–Kier alpha value is -3.20. The van der Waals surface area contributed by atoms with E-state index in [0.717, 1.165) is 24.1 Å². The van der Waals surface area contributed by atoms with Gasteiger partial charge in [-0.2, -0.15) is 5.10 Å². The quantitative estimate of drug-likeness (QED) is 0.273. The lowest BCUT2D eigenvalue weighted by molar-refractivity contribution is -0.127. The summed E-state index contributed by atoms with van der Waals surface area (Å²) in [4.78, 5) is 18.4. The monoisotopic (exact) mass is 587 g/mol. The summed E-state index contributed by atoms with van der Waals surface area (Å²) < 4.78 is 13.6. The van der Waals surface area contributed by atoms with Crippen LogP contribution < -0.4 is 15.2 Å². The summed E-state index contributed by atoms with van der Waals surface area (Å²) in [6.07, 6.45) is 7.97. The normalized spacial score (nSPS) is 21.4. The Morgan fingerprint density at radius 3 is 2.79 bits per heavy atom. The van der Waals surface area contributed by atoms with Crippen molar-refractivity contribution in [2.45, 2.75) is 31.1 Å². The zero-order valence-electron chi connectivity index (χ0n) is 21.5. The van der Waals surface area contributed by atoms with Crippen molar-refractivity contribution in [1.29, 1.82) is 0 Å². The lowest BCUT2D eigenvalue weighted by Gasteiger charge is -2.32. The van der Waals surface area contributed by atoms with Gasteiger partial charge in [-0.05, 0) is 48.8 Å². The molecule has 3 atom stereocenters. The van der Waals surface area contributed by atoms with Crippen LogP contribution in [0.5, 0.6) is 11.5 Å². The number of piperidine rings is 1. The third-order valence-corrected chi connectivity index (χ3v) is 8.73. The molecule has 1 fully saturated rings. The molecule has 3 aromatic rings. The molecule has 0 bridgehead atoms. The van der Waals surface area contributed by atoms with Crippen LogP contribution in [0.25, 0.3) is 16.6 Å². The van der Waals surface area contributed by atoms with Gasteiger partial charge in [-0.25, -0.2) is 9.50 Å². The van der Waals surface area contributed by atoms with Crippen LogP contribution in [-0.2, 0) is 4.79 Å². The maximum atomic E-state index is 12.3. The average molecular weight is 589 g/mol. The minimum absolute atomic E-state index is 0.0432. The van der Waals surface area contributed by atoms with Crippen LogP contribution in [0.4, 0.5) is 5.82 Å². The largest absolute Gasteiger partial charge is 0.493 e. The number of nitrogens with two attached hydrogens (primary N) is 1. The number of aromatic nitrogens is 3. The number of carbonyl (C=O) groups excluding carboxylic acids is 1. The summed E-state index contributed by atoms with van der Waals surface area (Å²) in [5, 5.41) is 5.20. The predicted octanol–water partition coefficient (Wildman–Crippen LogP) is 6.18. The molecule has 1 aliphatic carbocycles. The molecular weight excluding hydrogens is 561 g/mol. The first-order chi connectivity index (χ1) is 18.7. The van der Waals surface area contributed by atoms with E-state index in [0.29, 0.717) is 57.3 Å². The van der Waals surface area contributed by atoms with E-state index in [-0.39, 0.29) is 23.1 Å². The van der Waals surface area contributed by atoms with Crippen molar-refractivity contribution in [3.05, 3.63) is 70.8 Å². The molecule has 3 unspecified atom stereocenters. The molecule has 1 amide bonds. The van der Waals surface area contributed by atoms with Gasteiger partial charge in [0.1, 0.15) is 17.6 Å². The van der Waals surface area contributed by atoms with Gasteiger partial charge in [0, 0.05) is 35.5 Å². The van der Waals surface area contributed by atoms with Crippen LogP contribution in [-0.4, -0.2) is 51.0 Å². The Morgan fingerprint density at radius 2 is 2.05 bits per heavy atom. The standard InChI is InChI=1S/C28H28Cl3N5O3/c1-4-22(37)35-11-5-6-17(13-35)26-25(31)23(27-28(32)33-14-34-36(26)27)16-7-9-20(21(12-16)38-3)39-19-10-8-18(29)24(30)15(19)2/h4,7-10,12,14-15,17,24H,1,5-6,11,13H2,2-3H3,(H2,32,33,34). The van der Waals surface area contributed by atoms with Crippen LogP contribution in [0.3, 0.4) is 0 Å². The average Bonchev–Trinajstić information content (AvgIpc) is 3.25. The molecule has 8 nitrogen and oxygen atoms in total. The molecular formula is C28H28Cl3N5O3. The second kappa shape index (κ2) is 11.1. The Labute approximate surface area is 241 Å². The van der Waals surface area contributed by atoms with E-state index in [1.807, 2.05) is 31.2 Å². The molecule has 0 spiro atoms. The van der Waals surface area contributed by atoms with Gasteiger partial charge in [0.2, 0.25) is 5.91 Å². The topological polar surface area (TPSA) is 95.0 Å². The summed E-state index contributed by atoms with van der Waals surface area (Å²) in [6.45, 7) is 6.75. The van der Waals surface area contributed by atoms with Crippen molar-refractivity contribution >= 4 is 52.0 Å². The van der Waals surface area contributed by atoms with E-state index >= 15 is 0 Å². The van der Waals surface area contributed by atoms with Crippen LogP contribution in [0.2, 0.25) is 5.02 Å². The minimum atomic E-state index is -0.373. The Balaban J connectivity index is 1.57. The Morgan fingerprint density at radius 1 is 1.26 bits per heavy atom. The lowest BCUT2D eigenvalue weighted by Crippen LogP contribution is -2.38. The molecule has 2 aromatic heterocycles. The number of amides is 1. The fraction of sp³-hybridized carbons (Fsp3) is 0.321. The van der Waals surface area contributed by atoms with Gasteiger partial charge in [-0.3, -0.25) is 4.79 Å². The summed E-state index contributed by atoms with van der Waals surface area (Å²) in [5.41, 5.74) is 9.18. The number of likely N-dealkylation sites (tertiary alicyclic amines) is 1. The van der Waals surface area contributed by atoms with Crippen molar-refractivity contribution in [2.75, 3.05) is 25.9 Å². The van der Waals surface area contributed by atoms with E-state index in [1.165, 1.54) is 12.4 Å². The molecule has 2 N–H and O–H groups in total. The number of rotatable bonds is 6. The molecule has 3 heterocycles. The number of allylic oxidation sites excluding steroid dienone is 4. The first-order valence-corrected chi connectivity index (χ1v) is 13.7. The van der Waals surface area contributed by atoms with Gasteiger partial charge in [0.25, 0.3) is 0 Å². The second-order valence-electron chi connectivity index (χ2n) is 9.59. The van der Waals surface area contributed by atoms with Crippen molar-refractivity contribution in [1.82, 2.24) is 19.5 Å². The molecule has 39 heavy (non-hydrogen) atoms. The number of benzene rings is 1. The van der Waals surface area contributed by atoms with Gasteiger partial charge in [-0.15, -0.1) is 11.6 Å². The molecule has 0 radical (unpaired) electrons. The number of carbonyl (C=O) groups is 1. The van der Waals surface area contributed by atoms with Crippen molar-refractivity contribution in [3.8, 4) is 22.6 Å². The van der Waals surface area contributed by atoms with Crippen LogP contribution in [0.15, 0.2) is 60.1 Å². The van der Waals surface area contributed by atoms with Gasteiger partial charge in [0.05, 0.1) is 23.2 Å². The number of alkyl halides is 1. The highest BCUT2D eigenvalue weighted by atomic mass is 35.5. The number of hydrogen-bond donors (Lipinski definition) is 1. The van der Waals surface area contributed by atoms with Gasteiger partial charge in [0.15, 0.2) is 17.3 Å². The first-order valence-electron chi connectivity index (χ1n) is 12.5. The second-order valence-corrected chi connectivity index (χ2v) is 10.9. The molecule has 1 saturated heterocycles. The molecule has 11 heteroatoms. The van der Waals surface area contributed by atoms with E-state index in [2.05, 4.69) is 16.7 Å². The number of anilines is 1. The van der Waals surface area contributed by atoms with Gasteiger partial charge < -0.3 is 20.1 Å². The van der Waals surface area contributed by atoms with Crippen molar-refractivity contribution in [3.63, 3.8) is 0 Å². The van der Waals surface area contributed by atoms with Crippen molar-refractivity contribution in [2.24, 2.45) is 5.92 Å². The number of halogens is 3. The van der Waals surface area contributed by atoms with E-state index in [1.54, 1.807) is 22.6 Å². The van der Waals surface area contributed by atoms with Crippen molar-refractivity contribution < 1.29 is 14.3 Å². The van der Waals surface area contributed by atoms with Crippen LogP contribution in [0.1, 0.15) is 31.4 Å². The van der Waals surface area contributed by atoms with Gasteiger partial charge >= 0.3 is 0 Å². The summed E-state index contributed by atoms with van der Waals surface area (Å²) >= 11 is 19.7. The number of nitrogen functional groups attached to an aromatic ring is 1. The Kier molecular flexibility index (Phi) is 7.80. The number of ether oxygens (including phenoxy) is 2. The molecule has 1 aromatic carbocycles. The van der Waals surface area contributed by atoms with Crippen LogP contribution in [0, 0.1) is 5.92 Å². The van der Waals surface area contributed by atoms with E-state index in [9.17, 15) is 4.79 Å². The smallest absolute Gasteiger partial charge is 0.245 e. The molecule has 0 saturated carbocycles. The highest BCUT2D eigenvalue weighted by Gasteiger charge is 2.32. The Bertz CT molecular complexity index is 1520. The summed E-state index contributed by atoms with van der Waals surface area (Å²) in [5.74, 6) is 1.71. The number of nitrogens with zero attached hydrogens (tertiary/aromatic N) is 4. The third-order valence-electron chi connectivity index (χ3n) is 7.26. The number of methoxy groups -OCH3 is 1. The molecule has 204 valence electrons. The lowest BCUT2D eigenvalue weighted by atomic mass is 9.94. The maximum absolute atomic E-state index is 12.3. The highest BCUT2D eigenvalue weighted by molar-refractivity contribution is 6.37.